The highest BCUT2D eigenvalue weighted by atomic mass is 32.1. The Kier molecular flexibility index (Phi) is 7.74. The maximum absolute atomic E-state index is 14.1. The van der Waals surface area contributed by atoms with Crippen molar-refractivity contribution in [1.82, 2.24) is 30.0 Å². The Morgan fingerprint density at radius 2 is 2.07 bits per heavy atom. The van der Waals surface area contributed by atoms with E-state index < -0.39 is 23.3 Å². The van der Waals surface area contributed by atoms with E-state index in [1.165, 1.54) is 11.3 Å². The summed E-state index contributed by atoms with van der Waals surface area (Å²) >= 11 is 1.43. The molecule has 13 nitrogen and oxygen atoms in total. The Morgan fingerprint density at radius 1 is 1.26 bits per heavy atom. The molecule has 43 heavy (non-hydrogen) atoms. The van der Waals surface area contributed by atoms with Gasteiger partial charge in [-0.2, -0.15) is 25.2 Å². The quantitative estimate of drug-likeness (QED) is 0.416. The van der Waals surface area contributed by atoms with Gasteiger partial charge in [0, 0.05) is 29.6 Å². The number of aromatic nitrogens is 5. The Labute approximate surface area is 252 Å². The van der Waals surface area contributed by atoms with E-state index in [0.717, 1.165) is 23.3 Å². The Balaban J connectivity index is 1.38. The number of ether oxygens (including phenoxy) is 2. The number of thiophene rings is 1. The molecule has 0 spiro atoms. The normalized spacial score (nSPS) is 28.7. The van der Waals surface area contributed by atoms with Gasteiger partial charge in [-0.25, -0.2) is 4.39 Å². The molecule has 230 valence electrons. The average molecular weight is 614 g/mol. The molecule has 0 bridgehead atoms. The molecule has 6 rings (SSSR count). The number of hydrogen-bond donors (Lipinski definition) is 2. The predicted octanol–water partition coefficient (Wildman–Crippen LogP) is 2.48. The minimum absolute atomic E-state index is 0.0305. The molecule has 2 aliphatic heterocycles. The number of nitrogens with two attached hydrogens (primary N) is 1. The van der Waals surface area contributed by atoms with Crippen molar-refractivity contribution in [2.45, 2.75) is 75.8 Å². The lowest BCUT2D eigenvalue weighted by molar-refractivity contribution is -0.0123. The lowest BCUT2D eigenvalue weighted by atomic mass is 9.72. The zero-order valence-corrected chi connectivity index (χ0v) is 25.5. The minimum atomic E-state index is -1.13. The molecule has 3 N–H and O–H groups in total. The van der Waals surface area contributed by atoms with E-state index in [1.807, 2.05) is 25.8 Å². The lowest BCUT2D eigenvalue weighted by Crippen LogP contribution is -2.42. The summed E-state index contributed by atoms with van der Waals surface area (Å²) in [5, 5.41) is 25.4. The van der Waals surface area contributed by atoms with Gasteiger partial charge in [0.15, 0.2) is 0 Å². The zero-order chi connectivity index (χ0) is 30.5. The SMILES string of the molecule is C[C@H](Oc1nc(-c2noc(C3(C)CCCc4sc(N)c(C#N)c43)n2)nc(N2CCOC[C@](C)(O)C2)n1)C1C[C@@H](F)CN1C. The van der Waals surface area contributed by atoms with Crippen LogP contribution >= 0.6 is 11.3 Å². The van der Waals surface area contributed by atoms with Crippen LogP contribution in [0.1, 0.15) is 61.9 Å². The van der Waals surface area contributed by atoms with E-state index in [1.54, 1.807) is 11.8 Å². The van der Waals surface area contributed by atoms with E-state index in [2.05, 4.69) is 26.2 Å². The fourth-order valence-electron chi connectivity index (χ4n) is 6.42. The number of halogens is 1. The summed E-state index contributed by atoms with van der Waals surface area (Å²) in [7, 11) is 1.87. The van der Waals surface area contributed by atoms with E-state index in [4.69, 9.17) is 24.7 Å². The van der Waals surface area contributed by atoms with Crippen molar-refractivity contribution < 1.29 is 23.5 Å². The monoisotopic (exact) mass is 613 g/mol. The van der Waals surface area contributed by atoms with Gasteiger partial charge in [-0.1, -0.05) is 5.16 Å². The summed E-state index contributed by atoms with van der Waals surface area (Å²) in [6.07, 6.45) is 1.42. The maximum Gasteiger partial charge on any atom is 0.322 e. The molecule has 2 unspecified atom stereocenters. The first-order valence-electron chi connectivity index (χ1n) is 14.5. The van der Waals surface area contributed by atoms with E-state index in [-0.39, 0.29) is 42.8 Å². The van der Waals surface area contributed by atoms with E-state index >= 15 is 0 Å². The molecule has 5 heterocycles. The molecule has 0 aromatic carbocycles. The van der Waals surface area contributed by atoms with Crippen LogP contribution in [-0.2, 0) is 16.6 Å². The number of anilines is 2. The third kappa shape index (κ3) is 5.64. The number of nitrogens with zero attached hydrogens (tertiary/aromatic N) is 8. The number of β-amino-alcohol motifs (C(OH)–C–C–N with tert-alkyl or cyclic N) is 1. The number of likely N-dealkylation sites (tertiary alicyclic amines) is 1. The van der Waals surface area contributed by atoms with Crippen molar-refractivity contribution >= 4 is 22.3 Å². The van der Waals surface area contributed by atoms with Gasteiger partial charge in [0.25, 0.3) is 0 Å². The molecule has 3 aromatic heterocycles. The summed E-state index contributed by atoms with van der Waals surface area (Å²) in [6.45, 7) is 7.06. The molecule has 2 fully saturated rings. The minimum Gasteiger partial charge on any atom is -0.459 e. The number of hydrogen-bond acceptors (Lipinski definition) is 14. The number of alkyl halides is 1. The lowest BCUT2D eigenvalue weighted by Gasteiger charge is -2.30. The first-order chi connectivity index (χ1) is 20.5. The molecular formula is C28H36FN9O4S. The molecule has 15 heteroatoms. The second kappa shape index (κ2) is 11.2. The largest absolute Gasteiger partial charge is 0.459 e. The standard InChI is InChI=1S/C28H36FN9O4S/c1-15(18-10-16(29)12-37(18)4)41-26-34-22(33-25(35-26)38-8-9-40-14-27(2,39)13-38)23-32-24(42-36-23)28(3)7-5-6-19-20(28)17(11-30)21(31)43-19/h15-16,18,39H,5-10,12-14,31H2,1-4H3/t15-,16+,18?,27+,28?/m0/s1. The van der Waals surface area contributed by atoms with Crippen LogP contribution in [0.15, 0.2) is 4.52 Å². The molecule has 1 aliphatic carbocycles. The van der Waals surface area contributed by atoms with Crippen molar-refractivity contribution in [2.24, 2.45) is 0 Å². The number of nitrogen functional groups attached to an aromatic ring is 1. The molecule has 2 saturated heterocycles. The number of aliphatic hydroxyl groups is 1. The van der Waals surface area contributed by atoms with Gasteiger partial charge < -0.3 is 29.7 Å². The van der Waals surface area contributed by atoms with Crippen LogP contribution in [-0.4, -0.2) is 98.9 Å². The van der Waals surface area contributed by atoms with Crippen molar-refractivity contribution in [3.63, 3.8) is 0 Å². The second-order valence-corrected chi connectivity index (χ2v) is 13.4. The Bertz CT molecular complexity index is 1540. The number of rotatable bonds is 6. The summed E-state index contributed by atoms with van der Waals surface area (Å²) in [6, 6.07) is 2.13. The van der Waals surface area contributed by atoms with Gasteiger partial charge in [0.2, 0.25) is 23.5 Å². The van der Waals surface area contributed by atoms with Gasteiger partial charge >= 0.3 is 6.01 Å². The second-order valence-electron chi connectivity index (χ2n) is 12.2. The van der Waals surface area contributed by atoms with Gasteiger partial charge in [0.05, 0.1) is 30.7 Å². The van der Waals surface area contributed by atoms with E-state index in [9.17, 15) is 14.8 Å². The summed E-state index contributed by atoms with van der Waals surface area (Å²) in [5.74, 6) is 0.852. The summed E-state index contributed by atoms with van der Waals surface area (Å²) < 4.78 is 31.7. The topological polar surface area (TPSA) is 173 Å². The Morgan fingerprint density at radius 3 is 2.81 bits per heavy atom. The predicted molar refractivity (Wildman–Crippen MR) is 156 cm³/mol. The third-order valence-corrected chi connectivity index (χ3v) is 9.65. The fourth-order valence-corrected chi connectivity index (χ4v) is 7.61. The highest BCUT2D eigenvalue weighted by Gasteiger charge is 2.43. The van der Waals surface area contributed by atoms with Crippen molar-refractivity contribution in [1.29, 1.82) is 5.26 Å². The Hall–Kier alpha value is -3.45. The first-order valence-corrected chi connectivity index (χ1v) is 15.3. The van der Waals surface area contributed by atoms with Crippen LogP contribution in [0.3, 0.4) is 0 Å². The number of likely N-dealkylation sites (N-methyl/N-ethyl adjacent to an activating group) is 1. The third-order valence-electron chi connectivity index (χ3n) is 8.57. The molecule has 3 aliphatic rings. The summed E-state index contributed by atoms with van der Waals surface area (Å²) in [4.78, 5) is 23.3. The van der Waals surface area contributed by atoms with Crippen LogP contribution in [0.5, 0.6) is 6.01 Å². The molecular weight excluding hydrogens is 577 g/mol. The summed E-state index contributed by atoms with van der Waals surface area (Å²) in [5.41, 5.74) is 5.65. The number of nitriles is 1. The van der Waals surface area contributed by atoms with Crippen molar-refractivity contribution in [3.05, 3.63) is 21.9 Å². The molecule has 5 atom stereocenters. The van der Waals surface area contributed by atoms with Gasteiger partial charge in [-0.05, 0) is 53.5 Å². The average Bonchev–Trinajstić information content (AvgIpc) is 3.64. The van der Waals surface area contributed by atoms with Gasteiger partial charge in [0.1, 0.15) is 28.9 Å². The number of aryl methyl sites for hydroxylation is 1. The molecule has 0 amide bonds. The van der Waals surface area contributed by atoms with Crippen LogP contribution < -0.4 is 15.4 Å². The molecule has 3 aromatic rings. The first kappa shape index (κ1) is 29.6. The van der Waals surface area contributed by atoms with Crippen LogP contribution in [0.2, 0.25) is 0 Å². The van der Waals surface area contributed by atoms with Crippen molar-refractivity contribution in [3.8, 4) is 23.7 Å². The highest BCUT2D eigenvalue weighted by molar-refractivity contribution is 7.16. The van der Waals surface area contributed by atoms with Crippen LogP contribution in [0.25, 0.3) is 11.6 Å². The smallest absolute Gasteiger partial charge is 0.322 e. The highest BCUT2D eigenvalue weighted by Crippen LogP contribution is 2.48. The number of fused-ring (bicyclic) bond motifs is 1. The van der Waals surface area contributed by atoms with Crippen molar-refractivity contribution in [2.75, 3.05) is 50.5 Å². The zero-order valence-electron chi connectivity index (χ0n) is 24.7. The van der Waals surface area contributed by atoms with E-state index in [0.29, 0.717) is 49.0 Å². The molecule has 0 radical (unpaired) electrons. The fraction of sp³-hybridized carbons (Fsp3) is 0.643. The van der Waals surface area contributed by atoms with Gasteiger partial charge in [-0.15, -0.1) is 11.3 Å². The molecule has 0 saturated carbocycles. The maximum atomic E-state index is 14.1. The van der Waals surface area contributed by atoms with Crippen LogP contribution in [0.4, 0.5) is 15.3 Å². The van der Waals surface area contributed by atoms with Gasteiger partial charge in [-0.3, -0.25) is 4.90 Å². The van der Waals surface area contributed by atoms with Crippen LogP contribution in [0, 0.1) is 11.3 Å².